The Bertz CT molecular complexity index is 1090. The number of benzene rings is 2. The van der Waals surface area contributed by atoms with Gasteiger partial charge in [-0.2, -0.15) is 4.98 Å². The molecule has 0 spiro atoms. The summed E-state index contributed by atoms with van der Waals surface area (Å²) in [6.45, 7) is 0.0267. The fraction of sp³-hybridized carbons (Fsp3) is 0.105. The molecule has 0 fully saturated rings. The Morgan fingerprint density at radius 1 is 1.04 bits per heavy atom. The van der Waals surface area contributed by atoms with E-state index in [4.69, 9.17) is 4.52 Å². The second-order valence-electron chi connectivity index (χ2n) is 5.71. The van der Waals surface area contributed by atoms with Crippen molar-refractivity contribution < 1.29 is 8.91 Å². The maximum atomic E-state index is 13.9. The van der Waals surface area contributed by atoms with Crippen LogP contribution < -0.4 is 5.56 Å². The van der Waals surface area contributed by atoms with E-state index in [0.29, 0.717) is 23.1 Å². The Labute approximate surface area is 142 Å². The minimum atomic E-state index is -0.803. The molecule has 0 amide bonds. The Balaban J connectivity index is 1.66. The minimum Gasteiger partial charge on any atom is -0.337 e. The first-order valence-electron chi connectivity index (χ1n) is 7.84. The van der Waals surface area contributed by atoms with Gasteiger partial charge in [0, 0.05) is 11.8 Å². The van der Waals surface area contributed by atoms with E-state index in [9.17, 15) is 9.18 Å². The van der Waals surface area contributed by atoms with E-state index in [1.165, 1.54) is 10.6 Å². The Kier molecular flexibility index (Phi) is 3.85. The molecular formula is C19H14FN3O2. The normalized spacial score (nSPS) is 11.1. The molecule has 0 aliphatic rings. The van der Waals surface area contributed by atoms with Crippen LogP contribution in [0.5, 0.6) is 0 Å². The molecule has 0 unspecified atom stereocenters. The van der Waals surface area contributed by atoms with Gasteiger partial charge in [-0.1, -0.05) is 53.7 Å². The van der Waals surface area contributed by atoms with Gasteiger partial charge in [0.1, 0.15) is 6.54 Å². The molecule has 4 rings (SSSR count). The summed E-state index contributed by atoms with van der Waals surface area (Å²) in [5, 5.41) is 4.59. The molecule has 0 saturated carbocycles. The zero-order valence-electron chi connectivity index (χ0n) is 13.2. The fourth-order valence-electron chi connectivity index (χ4n) is 2.79. The highest BCUT2D eigenvalue weighted by Gasteiger charge is 2.13. The highest BCUT2D eigenvalue weighted by molar-refractivity contribution is 5.78. The highest BCUT2D eigenvalue weighted by atomic mass is 19.1. The SMILES string of the molecule is O=c1c(F)cc2ccccc2n1Cc1nc(Cc2ccccc2)no1. The van der Waals surface area contributed by atoms with Crippen molar-refractivity contribution in [2.45, 2.75) is 13.0 Å². The van der Waals surface area contributed by atoms with Crippen molar-refractivity contribution in [3.8, 4) is 0 Å². The third kappa shape index (κ3) is 3.06. The maximum absolute atomic E-state index is 13.9. The fourth-order valence-corrected chi connectivity index (χ4v) is 2.79. The van der Waals surface area contributed by atoms with Gasteiger partial charge < -0.3 is 4.52 Å². The standard InChI is InChI=1S/C19H14FN3O2/c20-15-11-14-8-4-5-9-16(14)23(19(15)24)12-18-21-17(22-25-18)10-13-6-2-1-3-7-13/h1-9,11H,10,12H2. The topological polar surface area (TPSA) is 60.9 Å². The van der Waals surface area contributed by atoms with E-state index < -0.39 is 11.4 Å². The third-order valence-corrected chi connectivity index (χ3v) is 3.97. The zero-order chi connectivity index (χ0) is 17.2. The molecule has 2 aromatic carbocycles. The first kappa shape index (κ1) is 15.3. The Morgan fingerprint density at radius 2 is 1.80 bits per heavy atom. The molecule has 25 heavy (non-hydrogen) atoms. The van der Waals surface area contributed by atoms with E-state index in [-0.39, 0.29) is 12.4 Å². The van der Waals surface area contributed by atoms with Gasteiger partial charge in [0.15, 0.2) is 11.6 Å². The largest absolute Gasteiger partial charge is 0.337 e. The number of rotatable bonds is 4. The number of halogens is 1. The van der Waals surface area contributed by atoms with Crippen molar-refractivity contribution in [1.82, 2.24) is 14.7 Å². The van der Waals surface area contributed by atoms with Crippen LogP contribution in [0.2, 0.25) is 0 Å². The molecule has 2 heterocycles. The summed E-state index contributed by atoms with van der Waals surface area (Å²) in [5.41, 5.74) is 0.974. The van der Waals surface area contributed by atoms with Gasteiger partial charge in [-0.3, -0.25) is 9.36 Å². The molecule has 0 aliphatic carbocycles. The quantitative estimate of drug-likeness (QED) is 0.575. The van der Waals surface area contributed by atoms with Gasteiger partial charge in [-0.25, -0.2) is 4.39 Å². The summed E-state index contributed by atoms with van der Waals surface area (Å²) in [6.07, 6.45) is 0.531. The van der Waals surface area contributed by atoms with Crippen LogP contribution >= 0.6 is 0 Å². The van der Waals surface area contributed by atoms with Crippen LogP contribution in [0.3, 0.4) is 0 Å². The van der Waals surface area contributed by atoms with Gasteiger partial charge in [0.05, 0.1) is 5.52 Å². The molecule has 2 aromatic heterocycles. The van der Waals surface area contributed by atoms with Crippen molar-refractivity contribution in [3.05, 3.63) is 94.1 Å². The molecular weight excluding hydrogens is 321 g/mol. The van der Waals surface area contributed by atoms with E-state index in [1.807, 2.05) is 30.3 Å². The summed E-state index contributed by atoms with van der Waals surface area (Å²) in [7, 11) is 0. The summed E-state index contributed by atoms with van der Waals surface area (Å²) >= 11 is 0. The molecule has 0 atom stereocenters. The number of hydrogen-bond acceptors (Lipinski definition) is 4. The average Bonchev–Trinajstić information content (AvgIpc) is 3.07. The Hall–Kier alpha value is -3.28. The number of aromatic nitrogens is 3. The van der Waals surface area contributed by atoms with Crippen LogP contribution in [0.4, 0.5) is 4.39 Å². The highest BCUT2D eigenvalue weighted by Crippen LogP contribution is 2.14. The predicted molar refractivity (Wildman–Crippen MR) is 90.8 cm³/mol. The Morgan fingerprint density at radius 3 is 2.64 bits per heavy atom. The van der Waals surface area contributed by atoms with E-state index in [1.54, 1.807) is 24.3 Å². The van der Waals surface area contributed by atoms with Crippen LogP contribution in [-0.2, 0) is 13.0 Å². The maximum Gasteiger partial charge on any atom is 0.287 e. The zero-order valence-corrected chi connectivity index (χ0v) is 13.2. The number of hydrogen-bond donors (Lipinski definition) is 0. The smallest absolute Gasteiger partial charge is 0.287 e. The lowest BCUT2D eigenvalue weighted by Crippen LogP contribution is -2.24. The van der Waals surface area contributed by atoms with E-state index in [0.717, 1.165) is 5.56 Å². The number of pyridine rings is 1. The van der Waals surface area contributed by atoms with Crippen LogP contribution in [0, 0.1) is 5.82 Å². The second-order valence-corrected chi connectivity index (χ2v) is 5.71. The average molecular weight is 335 g/mol. The second kappa shape index (κ2) is 6.32. The summed E-state index contributed by atoms with van der Waals surface area (Å²) < 4.78 is 20.5. The van der Waals surface area contributed by atoms with Crippen molar-refractivity contribution in [2.75, 3.05) is 0 Å². The molecule has 5 nitrogen and oxygen atoms in total. The number of nitrogens with zero attached hydrogens (tertiary/aromatic N) is 3. The molecule has 0 saturated heterocycles. The lowest BCUT2D eigenvalue weighted by atomic mass is 10.1. The number of para-hydroxylation sites is 1. The van der Waals surface area contributed by atoms with Gasteiger partial charge in [0.2, 0.25) is 5.89 Å². The van der Waals surface area contributed by atoms with Gasteiger partial charge >= 0.3 is 0 Å². The van der Waals surface area contributed by atoms with Crippen molar-refractivity contribution >= 4 is 10.9 Å². The lowest BCUT2D eigenvalue weighted by Gasteiger charge is -2.07. The van der Waals surface area contributed by atoms with Gasteiger partial charge in [0.25, 0.3) is 5.56 Å². The third-order valence-electron chi connectivity index (χ3n) is 3.97. The summed E-state index contributed by atoms with van der Waals surface area (Å²) in [6, 6.07) is 18.1. The van der Waals surface area contributed by atoms with Crippen LogP contribution in [0.1, 0.15) is 17.3 Å². The van der Waals surface area contributed by atoms with Gasteiger partial charge in [-0.05, 0) is 17.7 Å². The molecule has 0 aliphatic heterocycles. The molecule has 4 aromatic rings. The van der Waals surface area contributed by atoms with Crippen LogP contribution in [0.15, 0.2) is 70.0 Å². The molecule has 6 heteroatoms. The molecule has 124 valence electrons. The summed E-state index contributed by atoms with van der Waals surface area (Å²) in [5.74, 6) is -0.0125. The lowest BCUT2D eigenvalue weighted by molar-refractivity contribution is 0.366. The monoisotopic (exact) mass is 335 g/mol. The van der Waals surface area contributed by atoms with E-state index >= 15 is 0 Å². The summed E-state index contributed by atoms with van der Waals surface area (Å²) in [4.78, 5) is 16.5. The van der Waals surface area contributed by atoms with Crippen molar-refractivity contribution in [3.63, 3.8) is 0 Å². The van der Waals surface area contributed by atoms with Crippen molar-refractivity contribution in [2.24, 2.45) is 0 Å². The van der Waals surface area contributed by atoms with Crippen molar-refractivity contribution in [1.29, 1.82) is 0 Å². The first-order chi connectivity index (χ1) is 12.2. The predicted octanol–water partition coefficient (Wildman–Crippen LogP) is 3.16. The first-order valence-corrected chi connectivity index (χ1v) is 7.84. The molecule has 0 radical (unpaired) electrons. The molecule has 0 bridgehead atoms. The van der Waals surface area contributed by atoms with Crippen LogP contribution in [0.25, 0.3) is 10.9 Å². The number of fused-ring (bicyclic) bond motifs is 1. The minimum absolute atomic E-state index is 0.0267. The van der Waals surface area contributed by atoms with Gasteiger partial charge in [-0.15, -0.1) is 0 Å². The van der Waals surface area contributed by atoms with E-state index in [2.05, 4.69) is 10.1 Å². The van der Waals surface area contributed by atoms with Crippen LogP contribution in [-0.4, -0.2) is 14.7 Å². The molecule has 0 N–H and O–H groups in total.